The number of fused-ring (bicyclic) bond motifs is 1. The molecule has 170 valence electrons. The summed E-state index contributed by atoms with van der Waals surface area (Å²) in [6.45, 7) is 1.20. The van der Waals surface area contributed by atoms with Crippen LogP contribution in [0.15, 0.2) is 67.4 Å². The molecule has 3 rings (SSSR count). The molecule has 0 bridgehead atoms. The number of azo groups is 1. The molecule has 0 radical (unpaired) electrons. The van der Waals surface area contributed by atoms with E-state index < -0.39 is 50.7 Å². The molecule has 0 aliphatic heterocycles. The van der Waals surface area contributed by atoms with Gasteiger partial charge in [0.2, 0.25) is 0 Å². The van der Waals surface area contributed by atoms with E-state index in [9.17, 15) is 38.9 Å². The Bertz CT molecular complexity index is 1610. The molecule has 15 heteroatoms. The van der Waals surface area contributed by atoms with Crippen LogP contribution in [-0.2, 0) is 30.4 Å². The summed E-state index contributed by atoms with van der Waals surface area (Å²) >= 11 is 0. The lowest BCUT2D eigenvalue weighted by atomic mass is 10.1. The van der Waals surface area contributed by atoms with Crippen molar-refractivity contribution < 1.29 is 38.9 Å². The number of anilines is 1. The Morgan fingerprint density at radius 3 is 1.84 bits per heavy atom. The van der Waals surface area contributed by atoms with E-state index in [-0.39, 0.29) is 22.3 Å². The Labute approximate surface area is 182 Å². The molecule has 0 atom stereocenters. The fraction of sp³-hybridized carbons (Fsp3) is 0.0588. The standard InChI is InChI=1S/C17H15N3O9S3/c1-9-6-17(32(27,28)29)15(8-16(9)31(24,25)26)20-19-14-5-4-13(18)11-3-2-10(7-12(11)14)30(21,22)23/h2-8H,18H2,1H3,(H,21,22,23)(H,24,25,26)(H,27,28,29). The smallest absolute Gasteiger partial charge is 0.296 e. The Morgan fingerprint density at radius 2 is 1.28 bits per heavy atom. The van der Waals surface area contributed by atoms with Crippen LogP contribution in [0.25, 0.3) is 10.8 Å². The van der Waals surface area contributed by atoms with Crippen molar-refractivity contribution in [2.75, 3.05) is 5.73 Å². The van der Waals surface area contributed by atoms with Crippen molar-refractivity contribution in [3.8, 4) is 0 Å². The molecule has 0 unspecified atom stereocenters. The maximum absolute atomic E-state index is 11.7. The van der Waals surface area contributed by atoms with E-state index in [1.54, 1.807) is 0 Å². The van der Waals surface area contributed by atoms with Crippen LogP contribution in [0.1, 0.15) is 5.56 Å². The molecular formula is C17H15N3O9S3. The maximum atomic E-state index is 11.7. The molecule has 0 saturated heterocycles. The highest BCUT2D eigenvalue weighted by Crippen LogP contribution is 2.35. The van der Waals surface area contributed by atoms with Crippen molar-refractivity contribution in [2.24, 2.45) is 10.2 Å². The van der Waals surface area contributed by atoms with E-state index in [0.29, 0.717) is 11.5 Å². The molecule has 3 aromatic carbocycles. The fourth-order valence-corrected chi connectivity index (χ4v) is 4.83. The summed E-state index contributed by atoms with van der Waals surface area (Å²) in [7, 11) is -14.2. The predicted octanol–water partition coefficient (Wildman–Crippen LogP) is 2.89. The van der Waals surface area contributed by atoms with Gasteiger partial charge < -0.3 is 5.73 Å². The summed E-state index contributed by atoms with van der Waals surface area (Å²) in [6, 6.07) is 7.73. The van der Waals surface area contributed by atoms with Crippen LogP contribution < -0.4 is 5.73 Å². The number of nitrogen functional groups attached to an aromatic ring is 1. The molecule has 32 heavy (non-hydrogen) atoms. The lowest BCUT2D eigenvalue weighted by molar-refractivity contribution is 0.478. The number of aryl methyl sites for hydroxylation is 1. The molecule has 0 fully saturated rings. The molecule has 12 nitrogen and oxygen atoms in total. The lowest BCUT2D eigenvalue weighted by Gasteiger charge is -2.09. The minimum absolute atomic E-state index is 0.0185. The second-order valence-corrected chi connectivity index (χ2v) is 10.8. The van der Waals surface area contributed by atoms with Crippen molar-refractivity contribution >= 4 is 58.2 Å². The van der Waals surface area contributed by atoms with E-state index in [1.165, 1.54) is 25.1 Å². The van der Waals surface area contributed by atoms with Crippen LogP contribution in [0.4, 0.5) is 17.1 Å². The third-order valence-electron chi connectivity index (χ3n) is 4.37. The zero-order valence-corrected chi connectivity index (χ0v) is 18.5. The van der Waals surface area contributed by atoms with E-state index in [1.807, 2.05) is 0 Å². The zero-order chi connectivity index (χ0) is 24.1. The molecule has 0 aliphatic carbocycles. The van der Waals surface area contributed by atoms with E-state index >= 15 is 0 Å². The average Bonchev–Trinajstić information content (AvgIpc) is 2.65. The van der Waals surface area contributed by atoms with E-state index in [0.717, 1.165) is 18.2 Å². The van der Waals surface area contributed by atoms with Crippen molar-refractivity contribution in [3.63, 3.8) is 0 Å². The average molecular weight is 502 g/mol. The number of rotatable bonds is 5. The van der Waals surface area contributed by atoms with Crippen LogP contribution >= 0.6 is 0 Å². The Kier molecular flexibility index (Phi) is 5.83. The Balaban J connectivity index is 2.29. The first-order valence-electron chi connectivity index (χ1n) is 8.40. The topological polar surface area (TPSA) is 214 Å². The molecule has 5 N–H and O–H groups in total. The van der Waals surface area contributed by atoms with Gasteiger partial charge in [0.25, 0.3) is 30.4 Å². The normalized spacial score (nSPS) is 13.1. The van der Waals surface area contributed by atoms with Crippen LogP contribution in [0.3, 0.4) is 0 Å². The molecular weight excluding hydrogens is 486 g/mol. The van der Waals surface area contributed by atoms with Crippen LogP contribution in [0.5, 0.6) is 0 Å². The third-order valence-corrected chi connectivity index (χ3v) is 7.10. The fourth-order valence-electron chi connectivity index (χ4n) is 2.90. The monoisotopic (exact) mass is 501 g/mol. The van der Waals surface area contributed by atoms with Gasteiger partial charge in [0, 0.05) is 16.5 Å². The van der Waals surface area contributed by atoms with Gasteiger partial charge in [-0.05, 0) is 48.9 Å². The van der Waals surface area contributed by atoms with Crippen molar-refractivity contribution in [1.82, 2.24) is 0 Å². The summed E-state index contributed by atoms with van der Waals surface area (Å²) in [5, 5.41) is 7.99. The number of benzene rings is 3. The highest BCUT2D eigenvalue weighted by atomic mass is 32.2. The minimum atomic E-state index is -4.86. The highest BCUT2D eigenvalue weighted by molar-refractivity contribution is 7.86. The van der Waals surface area contributed by atoms with Gasteiger partial charge >= 0.3 is 0 Å². The highest BCUT2D eigenvalue weighted by Gasteiger charge is 2.23. The quantitative estimate of drug-likeness (QED) is 0.228. The lowest BCUT2D eigenvalue weighted by Crippen LogP contribution is -2.05. The molecule has 0 amide bonds. The third kappa shape index (κ3) is 4.77. The maximum Gasteiger partial charge on any atom is 0.296 e. The van der Waals surface area contributed by atoms with Crippen LogP contribution in [0, 0.1) is 6.92 Å². The first-order valence-corrected chi connectivity index (χ1v) is 12.7. The predicted molar refractivity (Wildman–Crippen MR) is 113 cm³/mol. The minimum Gasteiger partial charge on any atom is -0.398 e. The summed E-state index contributed by atoms with van der Waals surface area (Å²) in [4.78, 5) is -1.89. The molecule has 0 spiro atoms. The van der Waals surface area contributed by atoms with Crippen molar-refractivity contribution in [2.45, 2.75) is 21.6 Å². The molecule has 3 aromatic rings. The second kappa shape index (κ2) is 7.88. The van der Waals surface area contributed by atoms with Gasteiger partial charge in [0.05, 0.1) is 15.5 Å². The number of nitrogens with zero attached hydrogens (tertiary/aromatic N) is 2. The summed E-state index contributed by atoms with van der Waals surface area (Å²) < 4.78 is 97.6. The molecule has 0 aromatic heterocycles. The number of hydrogen-bond acceptors (Lipinski definition) is 9. The molecule has 0 heterocycles. The first kappa shape index (κ1) is 23.7. The van der Waals surface area contributed by atoms with Crippen molar-refractivity contribution in [3.05, 3.63) is 48.0 Å². The van der Waals surface area contributed by atoms with Crippen LogP contribution in [0.2, 0.25) is 0 Å². The largest absolute Gasteiger partial charge is 0.398 e. The van der Waals surface area contributed by atoms with Gasteiger partial charge in [-0.1, -0.05) is 6.07 Å². The van der Waals surface area contributed by atoms with Crippen molar-refractivity contribution in [1.29, 1.82) is 0 Å². The Hall–Kier alpha value is -2.95. The molecule has 0 saturated carbocycles. The molecule has 0 aliphatic rings. The van der Waals surface area contributed by atoms with Gasteiger partial charge in [0.1, 0.15) is 10.6 Å². The van der Waals surface area contributed by atoms with E-state index in [4.69, 9.17) is 5.73 Å². The van der Waals surface area contributed by atoms with Gasteiger partial charge in [-0.3, -0.25) is 13.7 Å². The summed E-state index contributed by atoms with van der Waals surface area (Å²) in [5.74, 6) is 0. The number of hydrogen-bond donors (Lipinski definition) is 4. The van der Waals surface area contributed by atoms with Gasteiger partial charge in [0.15, 0.2) is 0 Å². The van der Waals surface area contributed by atoms with Gasteiger partial charge in [-0.25, -0.2) is 0 Å². The van der Waals surface area contributed by atoms with Crippen LogP contribution in [-0.4, -0.2) is 38.9 Å². The zero-order valence-electron chi connectivity index (χ0n) is 16.0. The second-order valence-electron chi connectivity index (χ2n) is 6.59. The van der Waals surface area contributed by atoms with Gasteiger partial charge in [-0.15, -0.1) is 10.2 Å². The Morgan fingerprint density at radius 1 is 0.688 bits per heavy atom. The number of nitrogens with two attached hydrogens (primary N) is 1. The van der Waals surface area contributed by atoms with E-state index in [2.05, 4.69) is 10.2 Å². The first-order chi connectivity index (χ1) is 14.6. The summed E-state index contributed by atoms with van der Waals surface area (Å²) in [6.07, 6.45) is 0. The van der Waals surface area contributed by atoms with Gasteiger partial charge in [-0.2, -0.15) is 25.3 Å². The SMILES string of the molecule is Cc1cc(S(=O)(=O)O)c(N=Nc2ccc(N)c3ccc(S(=O)(=O)O)cc23)cc1S(=O)(=O)O. The summed E-state index contributed by atoms with van der Waals surface area (Å²) in [5.41, 5.74) is 5.31.